The first-order valence-electron chi connectivity index (χ1n) is 14.0. The summed E-state index contributed by atoms with van der Waals surface area (Å²) in [6.07, 6.45) is 4.60. The maximum Gasteiger partial charge on any atom is 0.296 e. The molecule has 1 saturated carbocycles. The highest BCUT2D eigenvalue weighted by Gasteiger charge is 2.48. The first-order valence-corrected chi connectivity index (χ1v) is 14.4. The van der Waals surface area contributed by atoms with Crippen LogP contribution in [0.2, 0.25) is 5.02 Å². The molecule has 12 heteroatoms. The van der Waals surface area contributed by atoms with E-state index in [4.69, 9.17) is 35.3 Å². The van der Waals surface area contributed by atoms with E-state index < -0.39 is 18.3 Å². The number of aromatic amines is 1. The number of H-pyrrole nitrogens is 1. The molecule has 2 aliphatic carbocycles. The second-order valence-electron chi connectivity index (χ2n) is 10.9. The molecule has 0 bridgehead atoms. The van der Waals surface area contributed by atoms with Crippen LogP contribution in [0.5, 0.6) is 11.8 Å². The number of aryl methyl sites for hydroxylation is 1. The quantitative estimate of drug-likeness (QED) is 0.324. The maximum atomic E-state index is 15.3. The Balaban J connectivity index is 1.01. The molecule has 0 amide bonds. The average molecular weight is 575 g/mol. The van der Waals surface area contributed by atoms with Crippen molar-refractivity contribution in [1.82, 2.24) is 15.0 Å². The van der Waals surface area contributed by atoms with Crippen LogP contribution in [0.1, 0.15) is 49.3 Å². The molecule has 3 aromatic rings. The first-order chi connectivity index (χ1) is 19.5. The molecule has 2 saturated heterocycles. The number of nitrogens with one attached hydrogen (secondary N) is 2. The van der Waals surface area contributed by atoms with Crippen molar-refractivity contribution in [3.8, 4) is 11.8 Å². The van der Waals surface area contributed by atoms with Crippen molar-refractivity contribution >= 4 is 28.6 Å². The second-order valence-corrected chi connectivity index (χ2v) is 11.3. The summed E-state index contributed by atoms with van der Waals surface area (Å²) in [6.45, 7) is 1.41. The van der Waals surface area contributed by atoms with Crippen molar-refractivity contribution in [2.75, 3.05) is 31.7 Å². The van der Waals surface area contributed by atoms with Crippen LogP contribution >= 0.6 is 11.6 Å². The van der Waals surface area contributed by atoms with E-state index in [9.17, 15) is 5.11 Å². The number of anilines is 1. The molecule has 40 heavy (non-hydrogen) atoms. The Morgan fingerprint density at radius 3 is 2.80 bits per heavy atom. The van der Waals surface area contributed by atoms with Crippen LogP contribution in [0.15, 0.2) is 18.2 Å². The highest BCUT2D eigenvalue weighted by molar-refractivity contribution is 6.33. The van der Waals surface area contributed by atoms with Gasteiger partial charge in [-0.25, -0.2) is 9.37 Å². The van der Waals surface area contributed by atoms with E-state index in [-0.39, 0.29) is 37.2 Å². The van der Waals surface area contributed by atoms with Crippen LogP contribution in [0.3, 0.4) is 0 Å². The van der Waals surface area contributed by atoms with E-state index in [1.165, 1.54) is 18.9 Å². The second kappa shape index (κ2) is 10.9. The fraction of sp³-hybridized carbons (Fsp3) is 0.571. The molecule has 1 unspecified atom stereocenters. The minimum absolute atomic E-state index is 0.218. The molecule has 4 aliphatic rings. The number of fused-ring (bicyclic) bond motifs is 3. The number of ether oxygens (including phenoxy) is 5. The van der Waals surface area contributed by atoms with E-state index >= 15 is 4.39 Å². The minimum Gasteiger partial charge on any atom is -0.491 e. The lowest BCUT2D eigenvalue weighted by atomic mass is 10.1. The summed E-state index contributed by atoms with van der Waals surface area (Å²) < 4.78 is 44.1. The van der Waals surface area contributed by atoms with Gasteiger partial charge >= 0.3 is 0 Å². The molecule has 2 aliphatic heterocycles. The van der Waals surface area contributed by atoms with Gasteiger partial charge < -0.3 is 39.1 Å². The van der Waals surface area contributed by atoms with Gasteiger partial charge in [-0.15, -0.1) is 0 Å². The number of aliphatic hydroxyl groups is 1. The number of pyridine rings is 1. The van der Waals surface area contributed by atoms with Gasteiger partial charge in [0.2, 0.25) is 0 Å². The first kappa shape index (κ1) is 26.2. The molecule has 1 aromatic carbocycles. The molecule has 5 atom stereocenters. The van der Waals surface area contributed by atoms with Crippen LogP contribution in [0, 0.1) is 5.82 Å². The fourth-order valence-corrected chi connectivity index (χ4v) is 6.46. The predicted molar refractivity (Wildman–Crippen MR) is 144 cm³/mol. The summed E-state index contributed by atoms with van der Waals surface area (Å²) >= 11 is 6.55. The number of aliphatic hydroxyl groups excluding tert-OH is 1. The standard InChI is InChI=1S/C28H32ClFN4O6/c29-17-11-20-27(34-28(32-20)40-22-13-39-24-21(35)12-38-25(22)24)33-26(17)31-19-6-5-14-9-16(10-18(30)23(14)19)37-8-7-36-15-3-1-2-4-15/h9-11,15,19,21-22,24-25,35H,1-8,12-13H2,(H2,31,32,33,34)/t19?,21-,22-,24-,25-/m1/s1. The van der Waals surface area contributed by atoms with Crippen molar-refractivity contribution in [3.05, 3.63) is 40.2 Å². The number of hydrogen-bond donors (Lipinski definition) is 3. The van der Waals surface area contributed by atoms with E-state index in [1.54, 1.807) is 6.07 Å². The zero-order chi connectivity index (χ0) is 27.2. The van der Waals surface area contributed by atoms with E-state index in [0.29, 0.717) is 65.5 Å². The highest BCUT2D eigenvalue weighted by Crippen LogP contribution is 2.39. The van der Waals surface area contributed by atoms with E-state index in [1.807, 2.05) is 6.07 Å². The molecule has 2 aromatic heterocycles. The Bertz CT molecular complexity index is 1380. The molecule has 7 rings (SSSR count). The summed E-state index contributed by atoms with van der Waals surface area (Å²) in [5, 5.41) is 13.6. The number of nitrogens with zero attached hydrogens (tertiary/aromatic N) is 2. The molecule has 3 fully saturated rings. The van der Waals surface area contributed by atoms with E-state index in [2.05, 4.69) is 20.3 Å². The Hall–Kier alpha value is -2.70. The van der Waals surface area contributed by atoms with Crippen LogP contribution in [0.4, 0.5) is 10.2 Å². The Kier molecular flexibility index (Phi) is 7.17. The molecule has 0 spiro atoms. The zero-order valence-electron chi connectivity index (χ0n) is 21.9. The summed E-state index contributed by atoms with van der Waals surface area (Å²) in [6, 6.07) is 5.04. The predicted octanol–water partition coefficient (Wildman–Crippen LogP) is 4.09. The molecule has 214 valence electrons. The van der Waals surface area contributed by atoms with Gasteiger partial charge in [0.1, 0.15) is 42.3 Å². The number of aromatic nitrogens is 3. The third kappa shape index (κ3) is 5.09. The number of imidazole rings is 1. The molecular formula is C28H32ClFN4O6. The van der Waals surface area contributed by atoms with Crippen molar-refractivity contribution in [3.63, 3.8) is 0 Å². The lowest BCUT2D eigenvalue weighted by Gasteiger charge is -2.17. The number of rotatable bonds is 9. The summed E-state index contributed by atoms with van der Waals surface area (Å²) in [4.78, 5) is 12.1. The van der Waals surface area contributed by atoms with Gasteiger partial charge in [0.25, 0.3) is 6.01 Å². The molecule has 10 nitrogen and oxygen atoms in total. The van der Waals surface area contributed by atoms with Gasteiger partial charge in [0.15, 0.2) is 11.8 Å². The Labute approximate surface area is 235 Å². The van der Waals surface area contributed by atoms with Crippen molar-refractivity contribution in [1.29, 1.82) is 0 Å². The van der Waals surface area contributed by atoms with Gasteiger partial charge in [-0.1, -0.05) is 24.4 Å². The van der Waals surface area contributed by atoms with E-state index in [0.717, 1.165) is 18.4 Å². The summed E-state index contributed by atoms with van der Waals surface area (Å²) in [5.74, 6) is 0.619. The van der Waals surface area contributed by atoms with Crippen molar-refractivity contribution in [2.45, 2.75) is 75.1 Å². The third-order valence-corrected chi connectivity index (χ3v) is 8.50. The van der Waals surface area contributed by atoms with Crippen molar-refractivity contribution < 1.29 is 33.2 Å². The average Bonchev–Trinajstić information content (AvgIpc) is 3.75. The van der Waals surface area contributed by atoms with Gasteiger partial charge in [0, 0.05) is 11.6 Å². The van der Waals surface area contributed by atoms with Gasteiger partial charge in [0.05, 0.1) is 42.5 Å². The van der Waals surface area contributed by atoms with Crippen LogP contribution in [-0.2, 0) is 20.6 Å². The molecular weight excluding hydrogens is 543 g/mol. The topological polar surface area (TPSA) is 120 Å². The largest absolute Gasteiger partial charge is 0.491 e. The normalized spacial score (nSPS) is 27.8. The van der Waals surface area contributed by atoms with Crippen LogP contribution in [0.25, 0.3) is 11.2 Å². The molecule has 0 radical (unpaired) electrons. The number of benzene rings is 1. The van der Waals surface area contributed by atoms with Gasteiger partial charge in [-0.3, -0.25) is 0 Å². The summed E-state index contributed by atoms with van der Waals surface area (Å²) in [7, 11) is 0. The Morgan fingerprint density at radius 2 is 1.93 bits per heavy atom. The monoisotopic (exact) mass is 574 g/mol. The zero-order valence-corrected chi connectivity index (χ0v) is 22.7. The third-order valence-electron chi connectivity index (χ3n) is 8.21. The van der Waals surface area contributed by atoms with Gasteiger partial charge in [-0.2, -0.15) is 4.98 Å². The highest BCUT2D eigenvalue weighted by atomic mass is 35.5. The SMILES string of the molecule is O[C@@H]1CO[C@H]2[C@@H]1OC[C@H]2Oc1nc2nc(NC3CCc4cc(OCCOC5CCCC5)cc(F)c43)c(Cl)cc2[nH]1. The fourth-order valence-electron chi connectivity index (χ4n) is 6.25. The number of hydrogen-bond acceptors (Lipinski definition) is 9. The molecule has 3 N–H and O–H groups in total. The Morgan fingerprint density at radius 1 is 1.07 bits per heavy atom. The number of halogens is 2. The lowest BCUT2D eigenvalue weighted by molar-refractivity contribution is 0.00706. The van der Waals surface area contributed by atoms with Crippen LogP contribution < -0.4 is 14.8 Å². The smallest absolute Gasteiger partial charge is 0.296 e. The summed E-state index contributed by atoms with van der Waals surface area (Å²) in [5.41, 5.74) is 2.53. The van der Waals surface area contributed by atoms with Gasteiger partial charge in [-0.05, 0) is 43.4 Å². The maximum absolute atomic E-state index is 15.3. The van der Waals surface area contributed by atoms with Crippen LogP contribution in [-0.4, -0.2) is 77.0 Å². The molecule has 4 heterocycles. The lowest BCUT2D eigenvalue weighted by Crippen LogP contribution is -2.34. The minimum atomic E-state index is -0.658. The van der Waals surface area contributed by atoms with Crippen molar-refractivity contribution in [2.24, 2.45) is 0 Å².